The van der Waals surface area contributed by atoms with Gasteiger partial charge in [0.2, 0.25) is 0 Å². The van der Waals surface area contributed by atoms with Crippen LogP contribution in [0, 0.1) is 5.82 Å². The van der Waals surface area contributed by atoms with Crippen molar-refractivity contribution in [3.05, 3.63) is 52.8 Å². The lowest BCUT2D eigenvalue weighted by molar-refractivity contribution is 0.386. The molecule has 0 radical (unpaired) electrons. The molecule has 2 aromatic rings. The van der Waals surface area contributed by atoms with Gasteiger partial charge in [-0.1, -0.05) is 23.7 Å². The molecule has 0 atom stereocenters. The lowest BCUT2D eigenvalue weighted by Gasteiger charge is -2.11. The summed E-state index contributed by atoms with van der Waals surface area (Å²) < 4.78 is 18.7. The van der Waals surface area contributed by atoms with Gasteiger partial charge in [-0.3, -0.25) is 0 Å². The molecule has 0 aliphatic heterocycles. The Morgan fingerprint density at radius 3 is 2.63 bits per heavy atom. The summed E-state index contributed by atoms with van der Waals surface area (Å²) >= 11 is 6.03. The van der Waals surface area contributed by atoms with E-state index in [-0.39, 0.29) is 11.6 Å². The number of benzene rings is 2. The minimum absolute atomic E-state index is 0.237. The van der Waals surface area contributed by atoms with E-state index in [9.17, 15) is 4.39 Å². The Balaban J connectivity index is 2.51. The van der Waals surface area contributed by atoms with E-state index in [0.29, 0.717) is 11.6 Å². The van der Waals surface area contributed by atoms with Crippen molar-refractivity contribution in [1.82, 2.24) is 5.32 Å². The largest absolute Gasteiger partial charge is 0.494 e. The molecule has 2 aromatic carbocycles. The van der Waals surface area contributed by atoms with Crippen LogP contribution in [-0.4, -0.2) is 14.2 Å². The molecule has 19 heavy (non-hydrogen) atoms. The quantitative estimate of drug-likeness (QED) is 0.917. The molecule has 0 aromatic heterocycles. The van der Waals surface area contributed by atoms with Gasteiger partial charge in [-0.2, -0.15) is 0 Å². The van der Waals surface area contributed by atoms with Crippen LogP contribution in [0.4, 0.5) is 4.39 Å². The van der Waals surface area contributed by atoms with Gasteiger partial charge in [0, 0.05) is 11.6 Å². The van der Waals surface area contributed by atoms with Crippen molar-refractivity contribution < 1.29 is 9.13 Å². The van der Waals surface area contributed by atoms with Gasteiger partial charge in [0.25, 0.3) is 0 Å². The number of nitrogens with one attached hydrogen (secondary N) is 1. The van der Waals surface area contributed by atoms with E-state index in [2.05, 4.69) is 5.32 Å². The molecule has 2 rings (SSSR count). The van der Waals surface area contributed by atoms with Crippen LogP contribution >= 0.6 is 11.6 Å². The van der Waals surface area contributed by atoms with Gasteiger partial charge >= 0.3 is 0 Å². The van der Waals surface area contributed by atoms with Gasteiger partial charge in [-0.15, -0.1) is 0 Å². The van der Waals surface area contributed by atoms with Crippen molar-refractivity contribution in [2.45, 2.75) is 6.54 Å². The summed E-state index contributed by atoms with van der Waals surface area (Å²) in [5, 5.41) is 3.72. The van der Waals surface area contributed by atoms with Crippen LogP contribution in [-0.2, 0) is 6.54 Å². The highest BCUT2D eigenvalue weighted by Gasteiger charge is 2.09. The van der Waals surface area contributed by atoms with E-state index in [1.807, 2.05) is 31.3 Å². The predicted molar refractivity (Wildman–Crippen MR) is 76.2 cm³/mol. The molecule has 0 saturated carbocycles. The maximum absolute atomic E-state index is 13.8. The molecule has 0 heterocycles. The van der Waals surface area contributed by atoms with Crippen molar-refractivity contribution in [1.29, 1.82) is 0 Å². The zero-order valence-corrected chi connectivity index (χ0v) is 11.6. The number of rotatable bonds is 4. The summed E-state index contributed by atoms with van der Waals surface area (Å²) in [6.07, 6.45) is 0. The molecule has 0 aliphatic rings. The second-order valence-corrected chi connectivity index (χ2v) is 4.62. The monoisotopic (exact) mass is 279 g/mol. The zero-order valence-electron chi connectivity index (χ0n) is 10.8. The molecule has 0 unspecified atom stereocenters. The van der Waals surface area contributed by atoms with E-state index >= 15 is 0 Å². The van der Waals surface area contributed by atoms with E-state index in [1.165, 1.54) is 13.2 Å². The molecule has 0 aliphatic carbocycles. The smallest absolute Gasteiger partial charge is 0.165 e. The first-order chi connectivity index (χ1) is 9.15. The van der Waals surface area contributed by atoms with Crippen LogP contribution in [0.25, 0.3) is 11.1 Å². The van der Waals surface area contributed by atoms with E-state index in [1.54, 1.807) is 6.07 Å². The molecule has 0 amide bonds. The van der Waals surface area contributed by atoms with Gasteiger partial charge < -0.3 is 10.1 Å². The van der Waals surface area contributed by atoms with Gasteiger partial charge in [0.15, 0.2) is 11.6 Å². The van der Waals surface area contributed by atoms with Crippen LogP contribution in [0.1, 0.15) is 5.56 Å². The van der Waals surface area contributed by atoms with Gasteiger partial charge in [-0.25, -0.2) is 4.39 Å². The molecule has 1 N–H and O–H groups in total. The summed E-state index contributed by atoms with van der Waals surface area (Å²) in [7, 11) is 3.32. The molecule has 0 saturated heterocycles. The first kappa shape index (κ1) is 13.8. The lowest BCUT2D eigenvalue weighted by atomic mass is 9.99. The highest BCUT2D eigenvalue weighted by Crippen LogP contribution is 2.30. The molecule has 2 nitrogen and oxygen atoms in total. The van der Waals surface area contributed by atoms with E-state index in [0.717, 1.165) is 16.7 Å². The maximum Gasteiger partial charge on any atom is 0.165 e. The second-order valence-electron chi connectivity index (χ2n) is 4.18. The first-order valence-corrected chi connectivity index (χ1v) is 6.30. The number of hydrogen-bond donors (Lipinski definition) is 1. The molecular weight excluding hydrogens is 265 g/mol. The molecule has 0 bridgehead atoms. The van der Waals surface area contributed by atoms with Gasteiger partial charge in [-0.05, 0) is 48.0 Å². The van der Waals surface area contributed by atoms with Gasteiger partial charge in [0.05, 0.1) is 7.11 Å². The highest BCUT2D eigenvalue weighted by molar-refractivity contribution is 6.30. The van der Waals surface area contributed by atoms with Crippen LogP contribution in [0.3, 0.4) is 0 Å². The number of methoxy groups -OCH3 is 1. The Hall–Kier alpha value is -1.58. The SMILES string of the molecule is CNCc1ccc(Cl)cc1-c1ccc(OC)c(F)c1. The normalized spacial score (nSPS) is 10.5. The van der Waals surface area contributed by atoms with E-state index < -0.39 is 0 Å². The predicted octanol–water partition coefficient (Wildman–Crippen LogP) is 3.87. The molecule has 0 fully saturated rings. The Morgan fingerprint density at radius 1 is 1.21 bits per heavy atom. The Kier molecular flexibility index (Phi) is 4.40. The summed E-state index contributed by atoms with van der Waals surface area (Å²) in [6.45, 7) is 0.695. The molecule has 100 valence electrons. The standard InChI is InChI=1S/C15H15ClFNO/c1-18-9-11-3-5-12(16)8-13(11)10-4-6-15(19-2)14(17)7-10/h3-8,18H,9H2,1-2H3. The van der Waals surface area contributed by atoms with Crippen LogP contribution in [0.2, 0.25) is 5.02 Å². The van der Waals surface area contributed by atoms with Crippen molar-refractivity contribution in [3.8, 4) is 16.9 Å². The minimum atomic E-state index is -0.379. The second kappa shape index (κ2) is 6.04. The third kappa shape index (κ3) is 3.06. The Labute approximate surface area is 117 Å². The zero-order chi connectivity index (χ0) is 13.8. The van der Waals surface area contributed by atoms with Crippen molar-refractivity contribution in [2.24, 2.45) is 0 Å². The fourth-order valence-corrected chi connectivity index (χ4v) is 2.17. The third-order valence-corrected chi connectivity index (χ3v) is 3.14. The van der Waals surface area contributed by atoms with Crippen LogP contribution in [0.5, 0.6) is 5.75 Å². The topological polar surface area (TPSA) is 21.3 Å². The number of halogens is 2. The average Bonchev–Trinajstić information content (AvgIpc) is 2.41. The Morgan fingerprint density at radius 2 is 2.00 bits per heavy atom. The highest BCUT2D eigenvalue weighted by atomic mass is 35.5. The van der Waals surface area contributed by atoms with Crippen molar-refractivity contribution >= 4 is 11.6 Å². The number of hydrogen-bond acceptors (Lipinski definition) is 2. The maximum atomic E-state index is 13.8. The summed E-state index contributed by atoms with van der Waals surface area (Å²) in [6, 6.07) is 10.5. The summed E-state index contributed by atoms with van der Waals surface area (Å²) in [5.41, 5.74) is 2.77. The molecule has 4 heteroatoms. The van der Waals surface area contributed by atoms with Crippen LogP contribution in [0.15, 0.2) is 36.4 Å². The minimum Gasteiger partial charge on any atom is -0.494 e. The summed E-state index contributed by atoms with van der Waals surface area (Å²) in [4.78, 5) is 0. The first-order valence-electron chi connectivity index (χ1n) is 5.92. The Bertz CT molecular complexity index is 586. The fourth-order valence-electron chi connectivity index (χ4n) is 2.00. The van der Waals surface area contributed by atoms with Crippen LogP contribution < -0.4 is 10.1 Å². The molecule has 0 spiro atoms. The van der Waals surface area contributed by atoms with Gasteiger partial charge in [0.1, 0.15) is 0 Å². The average molecular weight is 280 g/mol. The number of ether oxygens (including phenoxy) is 1. The van der Waals surface area contributed by atoms with Crippen molar-refractivity contribution in [2.75, 3.05) is 14.2 Å². The summed E-state index contributed by atoms with van der Waals surface area (Å²) in [5.74, 6) is -0.142. The fraction of sp³-hybridized carbons (Fsp3) is 0.200. The lowest BCUT2D eigenvalue weighted by Crippen LogP contribution is -2.06. The molecular formula is C15H15ClFNO. The van der Waals surface area contributed by atoms with Crippen molar-refractivity contribution in [3.63, 3.8) is 0 Å². The third-order valence-electron chi connectivity index (χ3n) is 2.90. The van der Waals surface area contributed by atoms with E-state index in [4.69, 9.17) is 16.3 Å².